The fourth-order valence-corrected chi connectivity index (χ4v) is 2.75. The molecule has 0 radical (unpaired) electrons. The number of halogens is 1. The van der Waals surface area contributed by atoms with E-state index in [0.717, 1.165) is 13.1 Å². The number of hydrogen-bond donors (Lipinski definition) is 1. The molecule has 1 heterocycles. The van der Waals surface area contributed by atoms with E-state index < -0.39 is 0 Å². The molecule has 2 amide bonds. The molecule has 1 fully saturated rings. The number of carbonyl (C=O) groups is 2. The second-order valence-electron chi connectivity index (χ2n) is 5.97. The highest BCUT2D eigenvalue weighted by Crippen LogP contribution is 2.07. The zero-order chi connectivity index (χ0) is 18.1. The lowest BCUT2D eigenvalue weighted by Gasteiger charge is -2.33. The first-order valence-corrected chi connectivity index (χ1v) is 8.74. The van der Waals surface area contributed by atoms with Gasteiger partial charge in [-0.3, -0.25) is 9.69 Å². The van der Waals surface area contributed by atoms with Crippen LogP contribution in [0.3, 0.4) is 0 Å². The summed E-state index contributed by atoms with van der Waals surface area (Å²) >= 11 is 0. The van der Waals surface area contributed by atoms with E-state index in [2.05, 4.69) is 10.2 Å². The summed E-state index contributed by atoms with van der Waals surface area (Å²) in [6.07, 6.45) is 0.612. The van der Waals surface area contributed by atoms with E-state index in [-0.39, 0.29) is 17.8 Å². The van der Waals surface area contributed by atoms with Crippen LogP contribution in [-0.4, -0.2) is 67.7 Å². The molecule has 0 unspecified atom stereocenters. The van der Waals surface area contributed by atoms with Crippen LogP contribution in [0.25, 0.3) is 0 Å². The van der Waals surface area contributed by atoms with Crippen LogP contribution in [0.15, 0.2) is 24.3 Å². The van der Waals surface area contributed by atoms with Crippen molar-refractivity contribution in [2.45, 2.75) is 19.8 Å². The third-order valence-corrected chi connectivity index (χ3v) is 4.23. The highest BCUT2D eigenvalue weighted by molar-refractivity contribution is 5.76. The molecule has 138 valence electrons. The van der Waals surface area contributed by atoms with Crippen molar-refractivity contribution in [1.82, 2.24) is 15.1 Å². The van der Waals surface area contributed by atoms with Gasteiger partial charge in [0.05, 0.1) is 6.61 Å². The maximum absolute atomic E-state index is 13.5. The highest BCUT2D eigenvalue weighted by Gasteiger charge is 2.21. The number of benzene rings is 1. The molecule has 0 spiro atoms. The lowest BCUT2D eigenvalue weighted by atomic mass is 10.1. The third kappa shape index (κ3) is 6.34. The Labute approximate surface area is 147 Å². The number of ether oxygens (including phenoxy) is 1. The van der Waals surface area contributed by atoms with Crippen molar-refractivity contribution < 1.29 is 18.7 Å². The van der Waals surface area contributed by atoms with Gasteiger partial charge < -0.3 is 15.0 Å². The summed E-state index contributed by atoms with van der Waals surface area (Å²) in [5.41, 5.74) is 0.609. The first-order chi connectivity index (χ1) is 12.1. The van der Waals surface area contributed by atoms with E-state index in [9.17, 15) is 14.0 Å². The van der Waals surface area contributed by atoms with Gasteiger partial charge in [0.15, 0.2) is 0 Å². The molecule has 1 aliphatic heterocycles. The molecule has 1 aromatic carbocycles. The standard InChI is InChI=1S/C18H26FN3O3/c1-2-25-18(24)22-13-11-21(12-14-22)10-8-17(23)20-9-7-15-5-3-4-6-16(15)19/h3-6H,2,7-14H2,1H3,(H,20,23). The quantitative estimate of drug-likeness (QED) is 0.811. The summed E-state index contributed by atoms with van der Waals surface area (Å²) in [5, 5.41) is 2.82. The Kier molecular flexibility index (Phi) is 7.66. The molecule has 1 aliphatic rings. The fraction of sp³-hybridized carbons (Fsp3) is 0.556. The van der Waals surface area contributed by atoms with Crippen LogP contribution in [0.2, 0.25) is 0 Å². The molecule has 1 saturated heterocycles. The first-order valence-electron chi connectivity index (χ1n) is 8.74. The molecule has 1 aromatic rings. The van der Waals surface area contributed by atoms with Gasteiger partial charge in [0, 0.05) is 45.7 Å². The van der Waals surface area contributed by atoms with Crippen LogP contribution in [0.5, 0.6) is 0 Å². The summed E-state index contributed by atoms with van der Waals surface area (Å²) in [6, 6.07) is 6.59. The average molecular weight is 351 g/mol. The Morgan fingerprint density at radius 2 is 1.92 bits per heavy atom. The van der Waals surface area contributed by atoms with Crippen molar-refractivity contribution in [2.75, 3.05) is 45.9 Å². The van der Waals surface area contributed by atoms with Crippen LogP contribution in [0.4, 0.5) is 9.18 Å². The Hall–Kier alpha value is -2.15. The van der Waals surface area contributed by atoms with E-state index in [4.69, 9.17) is 4.74 Å². The van der Waals surface area contributed by atoms with Gasteiger partial charge in [0.1, 0.15) is 5.82 Å². The fourth-order valence-electron chi connectivity index (χ4n) is 2.75. The van der Waals surface area contributed by atoms with Crippen LogP contribution in [-0.2, 0) is 16.0 Å². The van der Waals surface area contributed by atoms with Crippen LogP contribution < -0.4 is 5.32 Å². The van der Waals surface area contributed by atoms with E-state index in [1.54, 1.807) is 30.0 Å². The molecule has 1 N–H and O–H groups in total. The lowest BCUT2D eigenvalue weighted by Crippen LogP contribution is -2.49. The van der Waals surface area contributed by atoms with Gasteiger partial charge in [0.2, 0.25) is 5.91 Å². The first kappa shape index (κ1) is 19.2. The Balaban J connectivity index is 1.60. The number of piperazine rings is 1. The van der Waals surface area contributed by atoms with Crippen LogP contribution in [0.1, 0.15) is 18.9 Å². The second-order valence-corrected chi connectivity index (χ2v) is 5.97. The zero-order valence-corrected chi connectivity index (χ0v) is 14.7. The van der Waals surface area contributed by atoms with Crippen molar-refractivity contribution >= 4 is 12.0 Å². The van der Waals surface area contributed by atoms with Gasteiger partial charge in [-0.15, -0.1) is 0 Å². The smallest absolute Gasteiger partial charge is 0.409 e. The Morgan fingerprint density at radius 1 is 1.20 bits per heavy atom. The summed E-state index contributed by atoms with van der Waals surface area (Å²) in [4.78, 5) is 27.4. The second kappa shape index (κ2) is 9.98. The molecule has 7 heteroatoms. The number of rotatable bonds is 7. The summed E-state index contributed by atoms with van der Waals surface area (Å²) in [6.45, 7) is 5.97. The van der Waals surface area contributed by atoms with Crippen molar-refractivity contribution in [3.8, 4) is 0 Å². The highest BCUT2D eigenvalue weighted by atomic mass is 19.1. The van der Waals surface area contributed by atoms with E-state index in [1.807, 2.05) is 0 Å². The van der Waals surface area contributed by atoms with Gasteiger partial charge in [0.25, 0.3) is 0 Å². The molecular formula is C18H26FN3O3. The molecule has 0 saturated carbocycles. The van der Waals surface area contributed by atoms with E-state index in [1.165, 1.54) is 6.07 Å². The van der Waals surface area contributed by atoms with Gasteiger partial charge in [-0.25, -0.2) is 9.18 Å². The van der Waals surface area contributed by atoms with Gasteiger partial charge in [-0.05, 0) is 25.0 Å². The van der Waals surface area contributed by atoms with Crippen LogP contribution >= 0.6 is 0 Å². The molecule has 0 bridgehead atoms. The zero-order valence-electron chi connectivity index (χ0n) is 14.7. The van der Waals surface area contributed by atoms with Gasteiger partial charge in [-0.2, -0.15) is 0 Å². The van der Waals surface area contributed by atoms with Crippen LogP contribution in [0, 0.1) is 5.82 Å². The molecule has 0 aliphatic carbocycles. The predicted octanol–water partition coefficient (Wildman–Crippen LogP) is 1.65. The Bertz CT molecular complexity index is 574. The SMILES string of the molecule is CCOC(=O)N1CCN(CCC(=O)NCCc2ccccc2F)CC1. The third-order valence-electron chi connectivity index (χ3n) is 4.23. The van der Waals surface area contributed by atoms with Crippen molar-refractivity contribution in [1.29, 1.82) is 0 Å². The minimum Gasteiger partial charge on any atom is -0.450 e. The van der Waals surface area contributed by atoms with E-state index in [0.29, 0.717) is 51.2 Å². The molecule has 25 heavy (non-hydrogen) atoms. The largest absolute Gasteiger partial charge is 0.450 e. The summed E-state index contributed by atoms with van der Waals surface area (Å²) in [7, 11) is 0. The minimum atomic E-state index is -0.270. The molecule has 0 aromatic heterocycles. The van der Waals surface area contributed by atoms with Crippen molar-refractivity contribution in [2.24, 2.45) is 0 Å². The monoisotopic (exact) mass is 351 g/mol. The van der Waals surface area contributed by atoms with E-state index >= 15 is 0 Å². The maximum atomic E-state index is 13.5. The maximum Gasteiger partial charge on any atom is 0.409 e. The Morgan fingerprint density at radius 3 is 2.60 bits per heavy atom. The molecule has 0 atom stereocenters. The number of nitrogens with zero attached hydrogens (tertiary/aromatic N) is 2. The molecule has 2 rings (SSSR count). The number of nitrogens with one attached hydrogen (secondary N) is 1. The average Bonchev–Trinajstić information content (AvgIpc) is 2.62. The number of hydrogen-bond acceptors (Lipinski definition) is 4. The topological polar surface area (TPSA) is 61.9 Å². The summed E-state index contributed by atoms with van der Waals surface area (Å²) in [5.74, 6) is -0.277. The normalized spacial score (nSPS) is 15.0. The predicted molar refractivity (Wildman–Crippen MR) is 92.8 cm³/mol. The summed E-state index contributed by atoms with van der Waals surface area (Å²) < 4.78 is 18.5. The number of carbonyl (C=O) groups excluding carboxylic acids is 2. The van der Waals surface area contributed by atoms with Crippen molar-refractivity contribution in [3.05, 3.63) is 35.6 Å². The van der Waals surface area contributed by atoms with Gasteiger partial charge >= 0.3 is 6.09 Å². The molecule has 6 nitrogen and oxygen atoms in total. The molecular weight excluding hydrogens is 325 g/mol. The number of amides is 2. The minimum absolute atomic E-state index is 0.0378. The van der Waals surface area contributed by atoms with Gasteiger partial charge in [-0.1, -0.05) is 18.2 Å². The lowest BCUT2D eigenvalue weighted by molar-refractivity contribution is -0.121. The van der Waals surface area contributed by atoms with Crippen molar-refractivity contribution in [3.63, 3.8) is 0 Å².